The summed E-state index contributed by atoms with van der Waals surface area (Å²) in [6.07, 6.45) is 1.43. The molecule has 0 radical (unpaired) electrons. The van der Waals surface area contributed by atoms with Crippen LogP contribution in [0.3, 0.4) is 0 Å². The first-order valence-corrected chi connectivity index (χ1v) is 10.1. The van der Waals surface area contributed by atoms with Crippen molar-refractivity contribution >= 4 is 17.5 Å². The lowest BCUT2D eigenvalue weighted by atomic mass is 9.94. The lowest BCUT2D eigenvalue weighted by Crippen LogP contribution is -2.31. The first kappa shape index (κ1) is 22.0. The number of nitrogens with one attached hydrogen (secondary N) is 2. The van der Waals surface area contributed by atoms with Crippen LogP contribution in [0.25, 0.3) is 0 Å². The van der Waals surface area contributed by atoms with Crippen LogP contribution >= 0.6 is 0 Å². The number of fused-ring (bicyclic) bond motifs is 1. The fourth-order valence-corrected chi connectivity index (χ4v) is 3.89. The van der Waals surface area contributed by atoms with Gasteiger partial charge in [0.1, 0.15) is 18.1 Å². The number of rotatable bonds is 7. The average Bonchev–Trinajstić information content (AvgIpc) is 3.30. The van der Waals surface area contributed by atoms with Gasteiger partial charge in [0.2, 0.25) is 11.7 Å². The van der Waals surface area contributed by atoms with Crippen LogP contribution in [0.5, 0.6) is 23.0 Å². The molecule has 1 aliphatic rings. The molecule has 0 saturated carbocycles. The Hall–Kier alpha value is -4.21. The van der Waals surface area contributed by atoms with Crippen molar-refractivity contribution in [3.63, 3.8) is 0 Å². The predicted octanol–water partition coefficient (Wildman–Crippen LogP) is 3.24. The fourth-order valence-electron chi connectivity index (χ4n) is 3.89. The highest BCUT2D eigenvalue weighted by atomic mass is 16.5. The number of hydrogen-bond acceptors (Lipinski definition) is 8. The third kappa shape index (κ3) is 3.91. The zero-order chi connectivity index (χ0) is 23.5. The van der Waals surface area contributed by atoms with E-state index in [1.165, 1.54) is 13.4 Å². The maximum Gasteiger partial charge on any atom is 0.255 e. The molecule has 1 aliphatic heterocycles. The van der Waals surface area contributed by atoms with Gasteiger partial charge in [-0.05, 0) is 36.8 Å². The molecule has 1 unspecified atom stereocenters. The van der Waals surface area contributed by atoms with Gasteiger partial charge < -0.3 is 29.6 Å². The van der Waals surface area contributed by atoms with Crippen molar-refractivity contribution in [1.29, 1.82) is 0 Å². The van der Waals surface area contributed by atoms with Gasteiger partial charge in [-0.1, -0.05) is 12.1 Å². The van der Waals surface area contributed by atoms with Crippen LogP contribution in [0.2, 0.25) is 0 Å². The number of carbonyl (C=O) groups is 1. The Morgan fingerprint density at radius 2 is 1.67 bits per heavy atom. The zero-order valence-electron chi connectivity index (χ0n) is 19.0. The highest BCUT2D eigenvalue weighted by molar-refractivity contribution is 6.06. The molecule has 1 amide bonds. The second-order valence-electron chi connectivity index (χ2n) is 7.21. The molecule has 0 bridgehead atoms. The van der Waals surface area contributed by atoms with E-state index in [1.807, 2.05) is 19.1 Å². The molecule has 0 spiro atoms. The number of hydrogen-bond donors (Lipinski definition) is 2. The summed E-state index contributed by atoms with van der Waals surface area (Å²) in [6, 6.07) is 10.2. The van der Waals surface area contributed by atoms with E-state index < -0.39 is 6.04 Å². The normalized spacial score (nSPS) is 14.8. The van der Waals surface area contributed by atoms with Crippen molar-refractivity contribution < 1.29 is 23.7 Å². The number of para-hydroxylation sites is 2. The Morgan fingerprint density at radius 1 is 1.00 bits per heavy atom. The molecule has 3 aromatic rings. The largest absolute Gasteiger partial charge is 0.495 e. The van der Waals surface area contributed by atoms with Gasteiger partial charge in [-0.25, -0.2) is 4.68 Å². The standard InChI is InChI=1S/C23H25N5O5/c1-13-19(22(29)27-15-8-6-7-9-16(15)30-2)20(28-23(26-13)24-12-25-28)14-10-17(31-3)21(33-5)18(11-14)32-4/h6-12,20H,1-5H3,(H,27,29)(H,24,25,26). The number of aromatic nitrogens is 3. The van der Waals surface area contributed by atoms with Crippen LogP contribution in [-0.4, -0.2) is 49.1 Å². The molecule has 1 atom stereocenters. The summed E-state index contributed by atoms with van der Waals surface area (Å²) in [4.78, 5) is 17.9. The van der Waals surface area contributed by atoms with Gasteiger partial charge in [-0.15, -0.1) is 0 Å². The molecule has 1 aromatic heterocycles. The van der Waals surface area contributed by atoms with Crippen molar-refractivity contribution in [2.24, 2.45) is 0 Å². The molecule has 10 nitrogen and oxygen atoms in total. The summed E-state index contributed by atoms with van der Waals surface area (Å²) < 4.78 is 23.5. The Kier molecular flexibility index (Phi) is 6.07. The lowest BCUT2D eigenvalue weighted by Gasteiger charge is -2.29. The molecule has 10 heteroatoms. The van der Waals surface area contributed by atoms with E-state index in [0.29, 0.717) is 51.5 Å². The number of anilines is 2. The quantitative estimate of drug-likeness (QED) is 0.564. The summed E-state index contributed by atoms with van der Waals surface area (Å²) in [5, 5.41) is 10.5. The van der Waals surface area contributed by atoms with Crippen LogP contribution in [0.15, 0.2) is 54.0 Å². The summed E-state index contributed by atoms with van der Waals surface area (Å²) in [5.41, 5.74) is 2.36. The van der Waals surface area contributed by atoms with Gasteiger partial charge in [0, 0.05) is 5.70 Å². The molecule has 2 aromatic carbocycles. The number of benzene rings is 2. The highest BCUT2D eigenvalue weighted by Gasteiger charge is 2.35. The first-order chi connectivity index (χ1) is 16.0. The number of ether oxygens (including phenoxy) is 4. The van der Waals surface area contributed by atoms with Crippen molar-refractivity contribution in [2.45, 2.75) is 13.0 Å². The van der Waals surface area contributed by atoms with Gasteiger partial charge in [0.05, 0.1) is 39.7 Å². The molecule has 2 heterocycles. The van der Waals surface area contributed by atoms with Crippen molar-refractivity contribution in [3.05, 3.63) is 59.6 Å². The van der Waals surface area contributed by atoms with Crippen LogP contribution in [0, 0.1) is 0 Å². The zero-order valence-corrected chi connectivity index (χ0v) is 19.0. The summed E-state index contributed by atoms with van der Waals surface area (Å²) in [7, 11) is 6.18. The minimum atomic E-state index is -0.604. The number of allylic oxidation sites excluding steroid dienone is 1. The van der Waals surface area contributed by atoms with Gasteiger partial charge in [-0.3, -0.25) is 4.79 Å². The van der Waals surface area contributed by atoms with E-state index in [-0.39, 0.29) is 5.91 Å². The smallest absolute Gasteiger partial charge is 0.255 e. The summed E-state index contributed by atoms with van der Waals surface area (Å²) >= 11 is 0. The molecular formula is C23H25N5O5. The lowest BCUT2D eigenvalue weighted by molar-refractivity contribution is -0.113. The Labute approximate surface area is 191 Å². The Morgan fingerprint density at radius 3 is 2.30 bits per heavy atom. The minimum absolute atomic E-state index is 0.315. The average molecular weight is 451 g/mol. The van der Waals surface area contributed by atoms with Gasteiger partial charge in [-0.2, -0.15) is 10.1 Å². The number of carbonyl (C=O) groups excluding carboxylic acids is 1. The number of amides is 1. The van der Waals surface area contributed by atoms with E-state index in [4.69, 9.17) is 18.9 Å². The molecule has 172 valence electrons. The first-order valence-electron chi connectivity index (χ1n) is 10.1. The summed E-state index contributed by atoms with van der Waals surface area (Å²) in [6.45, 7) is 1.82. The van der Waals surface area contributed by atoms with E-state index in [2.05, 4.69) is 20.7 Å². The minimum Gasteiger partial charge on any atom is -0.495 e. The van der Waals surface area contributed by atoms with Crippen LogP contribution in [0.1, 0.15) is 18.5 Å². The van der Waals surface area contributed by atoms with Crippen LogP contribution in [-0.2, 0) is 4.79 Å². The van der Waals surface area contributed by atoms with E-state index in [0.717, 1.165) is 0 Å². The van der Waals surface area contributed by atoms with Crippen LogP contribution in [0.4, 0.5) is 11.6 Å². The highest BCUT2D eigenvalue weighted by Crippen LogP contribution is 2.43. The van der Waals surface area contributed by atoms with Crippen LogP contribution < -0.4 is 29.6 Å². The monoisotopic (exact) mass is 451 g/mol. The topological polar surface area (TPSA) is 109 Å². The second-order valence-corrected chi connectivity index (χ2v) is 7.21. The van der Waals surface area contributed by atoms with Crippen molar-refractivity contribution in [1.82, 2.24) is 14.8 Å². The molecule has 0 saturated heterocycles. The molecule has 2 N–H and O–H groups in total. The molecule has 0 aliphatic carbocycles. The van der Waals surface area contributed by atoms with E-state index in [9.17, 15) is 4.79 Å². The maximum atomic E-state index is 13.6. The van der Waals surface area contributed by atoms with Gasteiger partial charge in [0.25, 0.3) is 5.91 Å². The van der Waals surface area contributed by atoms with E-state index >= 15 is 0 Å². The van der Waals surface area contributed by atoms with Crippen molar-refractivity contribution in [2.75, 3.05) is 39.1 Å². The molecule has 33 heavy (non-hydrogen) atoms. The fraction of sp³-hybridized carbons (Fsp3) is 0.261. The number of nitrogens with zero attached hydrogens (tertiary/aromatic N) is 3. The Bertz CT molecular complexity index is 1190. The number of methoxy groups -OCH3 is 4. The molecule has 4 rings (SSSR count). The second kappa shape index (κ2) is 9.11. The Balaban J connectivity index is 1.84. The summed E-state index contributed by atoms with van der Waals surface area (Å²) in [5.74, 6) is 2.14. The molecule has 0 fully saturated rings. The maximum absolute atomic E-state index is 13.6. The molecular weight excluding hydrogens is 426 g/mol. The third-order valence-corrected chi connectivity index (χ3v) is 5.40. The van der Waals surface area contributed by atoms with E-state index in [1.54, 1.807) is 50.3 Å². The van der Waals surface area contributed by atoms with Gasteiger partial charge in [0.15, 0.2) is 11.5 Å². The van der Waals surface area contributed by atoms with Crippen molar-refractivity contribution in [3.8, 4) is 23.0 Å². The van der Waals surface area contributed by atoms with Gasteiger partial charge >= 0.3 is 0 Å². The third-order valence-electron chi connectivity index (χ3n) is 5.40. The SMILES string of the molecule is COc1ccccc1NC(=O)C1=C(C)Nc2ncnn2C1c1cc(OC)c(OC)c(OC)c1. The predicted molar refractivity (Wildman–Crippen MR) is 122 cm³/mol.